The maximum atomic E-state index is 13.0. The summed E-state index contributed by atoms with van der Waals surface area (Å²) in [5.41, 5.74) is 6.24. The molecule has 3 aromatic carbocycles. The Balaban J connectivity index is 1.28. The lowest BCUT2D eigenvalue weighted by molar-refractivity contribution is -0.110. The molecule has 1 aromatic heterocycles. The van der Waals surface area contributed by atoms with Gasteiger partial charge in [-0.3, -0.25) is 4.79 Å². The maximum absolute atomic E-state index is 13.0. The van der Waals surface area contributed by atoms with Crippen molar-refractivity contribution < 1.29 is 14.0 Å². The number of hydrogen-bond donors (Lipinski definition) is 5. The molecule has 4 aromatic rings. The van der Waals surface area contributed by atoms with Gasteiger partial charge in [0.25, 0.3) is 5.91 Å². The minimum atomic E-state index is -0.444. The molecule has 174 valence electrons. The first kappa shape index (κ1) is 21.9. The van der Waals surface area contributed by atoms with E-state index in [-0.39, 0.29) is 11.7 Å². The molecule has 0 saturated heterocycles. The normalized spacial score (nSPS) is 13.3. The van der Waals surface area contributed by atoms with Crippen molar-refractivity contribution in [2.45, 2.75) is 6.92 Å². The van der Waals surface area contributed by atoms with E-state index in [4.69, 9.17) is 0 Å². The van der Waals surface area contributed by atoms with Crippen molar-refractivity contribution in [1.29, 1.82) is 0 Å². The number of nitrogens with zero attached hydrogens (tertiary/aromatic N) is 1. The minimum absolute atomic E-state index is 0.182. The second-order valence-corrected chi connectivity index (χ2v) is 7.98. The number of H-pyrrole nitrogens is 1. The van der Waals surface area contributed by atoms with Gasteiger partial charge in [-0.25, -0.2) is 14.2 Å². The summed E-state index contributed by atoms with van der Waals surface area (Å²) in [5, 5.41) is 11.6. The summed E-state index contributed by atoms with van der Waals surface area (Å²) in [6.07, 6.45) is 3.37. The predicted molar refractivity (Wildman–Crippen MR) is 135 cm³/mol. The smallest absolute Gasteiger partial charge is 0.323 e. The van der Waals surface area contributed by atoms with Gasteiger partial charge in [-0.1, -0.05) is 12.1 Å². The van der Waals surface area contributed by atoms with Crippen molar-refractivity contribution in [3.63, 3.8) is 0 Å². The molecule has 5 rings (SSSR count). The van der Waals surface area contributed by atoms with Crippen LogP contribution in [-0.4, -0.2) is 21.9 Å². The molecule has 0 saturated carbocycles. The summed E-state index contributed by atoms with van der Waals surface area (Å²) in [6, 6.07) is 17.9. The number of imidazole rings is 1. The van der Waals surface area contributed by atoms with E-state index in [2.05, 4.69) is 31.2 Å². The van der Waals surface area contributed by atoms with Crippen LogP contribution in [-0.2, 0) is 4.79 Å². The summed E-state index contributed by atoms with van der Waals surface area (Å²) < 4.78 is 13.0. The summed E-state index contributed by atoms with van der Waals surface area (Å²) in [6.45, 7) is 1.90. The first-order chi connectivity index (χ1) is 16.9. The van der Waals surface area contributed by atoms with E-state index < -0.39 is 6.03 Å². The van der Waals surface area contributed by atoms with Crippen LogP contribution < -0.4 is 21.3 Å². The molecular weight excluding hydrogens is 447 g/mol. The fourth-order valence-corrected chi connectivity index (χ4v) is 3.74. The number of aryl methyl sites for hydroxylation is 1. The highest BCUT2D eigenvalue weighted by atomic mass is 19.1. The molecular formula is C26H21FN6O2. The Hall–Kier alpha value is -4.92. The maximum Gasteiger partial charge on any atom is 0.323 e. The van der Waals surface area contributed by atoms with Crippen molar-refractivity contribution >= 4 is 52.0 Å². The fourth-order valence-electron chi connectivity index (χ4n) is 3.74. The summed E-state index contributed by atoms with van der Waals surface area (Å²) >= 11 is 0. The van der Waals surface area contributed by atoms with E-state index in [1.54, 1.807) is 30.6 Å². The zero-order valence-electron chi connectivity index (χ0n) is 18.6. The second-order valence-electron chi connectivity index (χ2n) is 7.98. The highest BCUT2D eigenvalue weighted by Gasteiger charge is 2.24. The van der Waals surface area contributed by atoms with Gasteiger partial charge in [0, 0.05) is 34.0 Å². The summed E-state index contributed by atoms with van der Waals surface area (Å²) in [7, 11) is 0. The number of benzene rings is 3. The van der Waals surface area contributed by atoms with Gasteiger partial charge in [-0.15, -0.1) is 0 Å². The van der Waals surface area contributed by atoms with Crippen molar-refractivity contribution in [3.05, 3.63) is 95.8 Å². The van der Waals surface area contributed by atoms with Gasteiger partial charge in [0.05, 0.1) is 23.3 Å². The summed E-state index contributed by atoms with van der Waals surface area (Å²) in [4.78, 5) is 32.1. The zero-order chi connectivity index (χ0) is 24.4. The Morgan fingerprint density at radius 3 is 2.43 bits per heavy atom. The molecule has 0 atom stereocenters. The second kappa shape index (κ2) is 9.14. The van der Waals surface area contributed by atoms with Crippen molar-refractivity contribution in [3.8, 4) is 0 Å². The van der Waals surface area contributed by atoms with Gasteiger partial charge in [0.2, 0.25) is 0 Å². The lowest BCUT2D eigenvalue weighted by Crippen LogP contribution is -2.19. The van der Waals surface area contributed by atoms with E-state index in [0.29, 0.717) is 22.6 Å². The number of hydrogen-bond acceptors (Lipinski definition) is 4. The van der Waals surface area contributed by atoms with E-state index in [1.165, 1.54) is 24.3 Å². The van der Waals surface area contributed by atoms with Crippen molar-refractivity contribution in [1.82, 2.24) is 9.97 Å². The number of aromatic amines is 1. The Morgan fingerprint density at radius 2 is 1.66 bits per heavy atom. The van der Waals surface area contributed by atoms with Crippen LogP contribution in [0.5, 0.6) is 0 Å². The number of fused-ring (bicyclic) bond motifs is 1. The molecule has 35 heavy (non-hydrogen) atoms. The van der Waals surface area contributed by atoms with Crippen LogP contribution in [0.1, 0.15) is 17.0 Å². The van der Waals surface area contributed by atoms with Crippen LogP contribution in [0.3, 0.4) is 0 Å². The van der Waals surface area contributed by atoms with E-state index >= 15 is 0 Å². The van der Waals surface area contributed by atoms with Crippen LogP contribution in [0.2, 0.25) is 0 Å². The third-order valence-corrected chi connectivity index (χ3v) is 5.46. The third-order valence-electron chi connectivity index (χ3n) is 5.46. The number of aromatic nitrogens is 2. The van der Waals surface area contributed by atoms with Gasteiger partial charge in [-0.05, 0) is 67.6 Å². The standard InChI is InChI=1S/C26H21FN6O2/c1-15-23(29-14-28-15)13-22-21-10-9-20(12-24(21)33-25(22)34)30-18-3-2-4-19(11-18)32-26(35)31-17-7-5-16(27)6-8-17/h2-14,30H,1H3,(H,28,29)(H,33,34)(H2,31,32,35)/b22-13+. The van der Waals surface area contributed by atoms with Crippen LogP contribution in [0.15, 0.2) is 73.1 Å². The van der Waals surface area contributed by atoms with Crippen molar-refractivity contribution in [2.75, 3.05) is 21.3 Å². The third kappa shape index (κ3) is 4.88. The lowest BCUT2D eigenvalue weighted by Gasteiger charge is -2.11. The summed E-state index contributed by atoms with van der Waals surface area (Å²) in [5.74, 6) is -0.557. The predicted octanol–water partition coefficient (Wildman–Crippen LogP) is 5.74. The van der Waals surface area contributed by atoms with Crippen LogP contribution in [0.25, 0.3) is 11.6 Å². The lowest BCUT2D eigenvalue weighted by atomic mass is 10.0. The molecule has 8 nitrogen and oxygen atoms in total. The molecule has 0 bridgehead atoms. The van der Waals surface area contributed by atoms with Crippen LogP contribution >= 0.6 is 0 Å². The molecule has 5 N–H and O–H groups in total. The number of urea groups is 1. The van der Waals surface area contributed by atoms with Crippen LogP contribution in [0.4, 0.5) is 37.6 Å². The number of anilines is 5. The van der Waals surface area contributed by atoms with E-state index in [0.717, 1.165) is 28.3 Å². The van der Waals surface area contributed by atoms with Crippen molar-refractivity contribution in [2.24, 2.45) is 0 Å². The molecule has 0 aliphatic carbocycles. The zero-order valence-corrected chi connectivity index (χ0v) is 18.6. The molecule has 0 fully saturated rings. The number of carbonyl (C=O) groups is 2. The molecule has 3 amide bonds. The molecule has 0 unspecified atom stereocenters. The topological polar surface area (TPSA) is 111 Å². The monoisotopic (exact) mass is 468 g/mol. The first-order valence-electron chi connectivity index (χ1n) is 10.8. The average Bonchev–Trinajstić information content (AvgIpc) is 3.37. The molecule has 1 aliphatic heterocycles. The van der Waals surface area contributed by atoms with E-state index in [1.807, 2.05) is 31.2 Å². The van der Waals surface area contributed by atoms with E-state index in [9.17, 15) is 14.0 Å². The molecule has 2 heterocycles. The number of carbonyl (C=O) groups excluding carboxylic acids is 2. The van der Waals surface area contributed by atoms with Gasteiger partial charge < -0.3 is 26.3 Å². The Morgan fingerprint density at radius 1 is 0.943 bits per heavy atom. The Bertz CT molecular complexity index is 1460. The highest BCUT2D eigenvalue weighted by molar-refractivity contribution is 6.35. The Kier molecular flexibility index (Phi) is 5.72. The largest absolute Gasteiger partial charge is 0.355 e. The minimum Gasteiger partial charge on any atom is -0.355 e. The SMILES string of the molecule is Cc1[nH]cnc1/C=C1/C(=O)Nc2cc(Nc3cccc(NC(=O)Nc4ccc(F)cc4)c3)ccc21. The Labute approximate surface area is 200 Å². The van der Waals surface area contributed by atoms with Gasteiger partial charge in [0.1, 0.15) is 5.82 Å². The van der Waals surface area contributed by atoms with Gasteiger partial charge >= 0.3 is 6.03 Å². The molecule has 0 spiro atoms. The van der Waals surface area contributed by atoms with Gasteiger partial charge in [0.15, 0.2) is 0 Å². The molecule has 9 heteroatoms. The number of rotatable bonds is 5. The number of nitrogens with one attached hydrogen (secondary N) is 5. The molecule has 1 aliphatic rings. The van der Waals surface area contributed by atoms with Gasteiger partial charge in [-0.2, -0.15) is 0 Å². The first-order valence-corrected chi connectivity index (χ1v) is 10.8. The van der Waals surface area contributed by atoms with Crippen LogP contribution in [0, 0.1) is 12.7 Å². The molecule has 0 radical (unpaired) electrons. The number of halogens is 1. The fraction of sp³-hybridized carbons (Fsp3) is 0.0385. The highest BCUT2D eigenvalue weighted by Crippen LogP contribution is 2.36. The average molecular weight is 468 g/mol. The number of amides is 3. The quantitative estimate of drug-likeness (QED) is 0.241.